The number of nitrogens with zero attached hydrogens (tertiary/aromatic N) is 8. The number of nitrogen functional groups attached to an aromatic ring is 1. The summed E-state index contributed by atoms with van der Waals surface area (Å²) in [7, 11) is 2.04. The topological polar surface area (TPSA) is 250 Å². The highest BCUT2D eigenvalue weighted by Gasteiger charge is 2.54. The smallest absolute Gasteiger partial charge is 0.350 e. The summed E-state index contributed by atoms with van der Waals surface area (Å²) in [5.74, 6) is -3.74. The van der Waals surface area contributed by atoms with Gasteiger partial charge < -0.3 is 35.3 Å². The first kappa shape index (κ1) is 37.3. The van der Waals surface area contributed by atoms with E-state index in [4.69, 9.17) is 33.8 Å². The van der Waals surface area contributed by atoms with Crippen LogP contribution in [0.25, 0.3) is 5.70 Å². The number of benzene rings is 1. The standard InChI is InChI=1S/C30H32Cl2N10O8S2/c1-30(2,28(48)49)50-37-19(20-23(32)52-29(33)34-20)17(44)10-15-26(47)41-21(24-35-38-39-36-24)13(12-51-27(15)41)11-42(3)8-6-40(7-9-42)25(46)14-4-5-16(43)22(45)18(14)31/h4-5,15,27H,6-12H2,1-3H3,(H5-,33,34,35,36,37,38,39,43,44,45,46,48,49)/p+1/t15-,27-/m1/s1. The number of thioether (sulfide) groups is 1. The number of carboxylic acid groups (broad SMARTS) is 1. The van der Waals surface area contributed by atoms with Crippen molar-refractivity contribution in [1.29, 1.82) is 0 Å². The van der Waals surface area contributed by atoms with Crippen molar-refractivity contribution < 1.29 is 43.8 Å². The number of β-lactam (4-membered cyclic amide) rings is 1. The molecule has 6 rings (SSSR count). The number of phenols is 2. The molecule has 0 aliphatic carbocycles. The van der Waals surface area contributed by atoms with Crippen LogP contribution in [0.5, 0.6) is 11.5 Å². The molecule has 0 spiro atoms. The summed E-state index contributed by atoms with van der Waals surface area (Å²) in [5.41, 5.74) is 5.05. The van der Waals surface area contributed by atoms with Gasteiger partial charge in [0.2, 0.25) is 17.3 Å². The van der Waals surface area contributed by atoms with Gasteiger partial charge in [0.05, 0.1) is 60.8 Å². The number of halogens is 2. The monoisotopic (exact) mass is 795 g/mol. The number of aliphatic carboxylic acids is 1. The van der Waals surface area contributed by atoms with E-state index in [9.17, 15) is 34.5 Å². The molecule has 1 aromatic carbocycles. The van der Waals surface area contributed by atoms with Crippen molar-refractivity contribution in [2.45, 2.75) is 31.2 Å². The number of rotatable bonds is 11. The maximum atomic E-state index is 13.9. The number of phenolic OH excluding ortho intramolecular Hbond substituents is 2. The number of carboxylic acids is 1. The zero-order valence-electron chi connectivity index (χ0n) is 27.9. The summed E-state index contributed by atoms with van der Waals surface area (Å²) in [4.78, 5) is 65.0. The second-order valence-corrected chi connectivity index (χ2v) is 16.3. The van der Waals surface area contributed by atoms with Crippen molar-refractivity contribution in [3.05, 3.63) is 44.1 Å². The number of anilines is 1. The largest absolute Gasteiger partial charge is 0.504 e. The Balaban J connectivity index is 1.19. The first-order valence-corrected chi connectivity index (χ1v) is 18.3. The summed E-state index contributed by atoms with van der Waals surface area (Å²) in [5, 5.41) is 46.9. The number of aromatic nitrogens is 5. The fourth-order valence-electron chi connectivity index (χ4n) is 6.06. The number of piperazine rings is 1. The lowest BCUT2D eigenvalue weighted by Crippen LogP contribution is -2.62. The Labute approximate surface area is 313 Å². The predicted octanol–water partition coefficient (Wildman–Crippen LogP) is 2.04. The molecule has 6 N–H and O–H groups in total. The van der Waals surface area contributed by atoms with Crippen LogP contribution >= 0.6 is 46.3 Å². The van der Waals surface area contributed by atoms with Crippen LogP contribution in [0, 0.1) is 5.92 Å². The molecule has 5 heterocycles. The van der Waals surface area contributed by atoms with E-state index in [0.717, 1.165) is 16.9 Å². The van der Waals surface area contributed by atoms with E-state index in [1.54, 1.807) is 9.80 Å². The van der Waals surface area contributed by atoms with E-state index < -0.39 is 40.1 Å². The van der Waals surface area contributed by atoms with Crippen molar-refractivity contribution in [1.82, 2.24) is 35.4 Å². The van der Waals surface area contributed by atoms with Gasteiger partial charge in [0.1, 0.15) is 16.6 Å². The highest BCUT2D eigenvalue weighted by Crippen LogP contribution is 2.48. The van der Waals surface area contributed by atoms with Gasteiger partial charge in [-0.3, -0.25) is 19.3 Å². The summed E-state index contributed by atoms with van der Waals surface area (Å²) in [6.45, 7) is 4.89. The molecule has 22 heteroatoms. The van der Waals surface area contributed by atoms with Gasteiger partial charge in [-0.2, -0.15) is 5.21 Å². The maximum absolute atomic E-state index is 13.9. The minimum Gasteiger partial charge on any atom is -0.504 e. The Morgan fingerprint density at radius 3 is 2.54 bits per heavy atom. The molecule has 3 aliphatic rings. The second-order valence-electron chi connectivity index (χ2n) is 13.2. The van der Waals surface area contributed by atoms with E-state index in [1.165, 1.54) is 37.7 Å². The number of nitrogens with one attached hydrogen (secondary N) is 1. The van der Waals surface area contributed by atoms with Crippen LogP contribution in [0.2, 0.25) is 9.36 Å². The second kappa shape index (κ2) is 14.1. The number of aromatic amines is 1. The number of quaternary nitrogens is 1. The molecule has 2 amide bonds. The number of Topliss-reactive ketones (excluding diaryl/α,β-unsaturated/α-hetero) is 1. The van der Waals surface area contributed by atoms with Crippen LogP contribution in [0.3, 0.4) is 0 Å². The van der Waals surface area contributed by atoms with Crippen molar-refractivity contribution in [2.24, 2.45) is 11.1 Å². The third-order valence-electron chi connectivity index (χ3n) is 9.10. The van der Waals surface area contributed by atoms with Gasteiger partial charge in [-0.1, -0.05) is 39.7 Å². The Kier molecular flexibility index (Phi) is 10.1. The molecule has 18 nitrogen and oxygen atoms in total. The molecule has 0 unspecified atom stereocenters. The van der Waals surface area contributed by atoms with Gasteiger partial charge in [0.25, 0.3) is 5.91 Å². The number of nitrogens with two attached hydrogens (primary N) is 1. The SMILES string of the molecule is CC(C)(O/N=C(\C(=O)C[C@@H]1C(=O)N2C(c3nn[nH]n3)=C(C[N+]3(C)CCN(C(=O)c4ccc(O)c(O)c4Cl)CC3)CS[C@H]12)c1nc(N)sc1Cl)C(=O)O. The van der Waals surface area contributed by atoms with E-state index in [2.05, 4.69) is 30.8 Å². The molecule has 52 heavy (non-hydrogen) atoms. The summed E-state index contributed by atoms with van der Waals surface area (Å²) in [6.07, 6.45) is -0.300. The Morgan fingerprint density at radius 2 is 1.92 bits per heavy atom. The number of carbonyl (C=O) groups excluding carboxylic acids is 3. The lowest BCUT2D eigenvalue weighted by atomic mass is 9.89. The Morgan fingerprint density at radius 1 is 1.21 bits per heavy atom. The van der Waals surface area contributed by atoms with Crippen molar-refractivity contribution >= 4 is 86.4 Å². The number of oxime groups is 1. The molecule has 0 radical (unpaired) electrons. The van der Waals surface area contributed by atoms with E-state index in [0.29, 0.717) is 48.7 Å². The van der Waals surface area contributed by atoms with Crippen LogP contribution in [0.1, 0.15) is 42.1 Å². The Bertz CT molecular complexity index is 2010. The predicted molar refractivity (Wildman–Crippen MR) is 190 cm³/mol. The first-order valence-electron chi connectivity index (χ1n) is 15.7. The Hall–Kier alpha value is -4.50. The number of thiazole rings is 1. The zero-order valence-corrected chi connectivity index (χ0v) is 31.0. The number of fused-ring (bicyclic) bond motifs is 1. The minimum absolute atomic E-state index is 0.0483. The quantitative estimate of drug-likeness (QED) is 0.0613. The molecule has 2 fully saturated rings. The summed E-state index contributed by atoms with van der Waals surface area (Å²) in [6, 6.07) is 2.59. The van der Waals surface area contributed by atoms with Crippen LogP contribution < -0.4 is 5.73 Å². The molecule has 276 valence electrons. The average Bonchev–Trinajstić information content (AvgIpc) is 3.75. The molecule has 2 aromatic heterocycles. The molecule has 0 saturated carbocycles. The van der Waals surface area contributed by atoms with Crippen molar-refractivity contribution in [2.75, 3.05) is 51.3 Å². The number of hydrogen-bond acceptors (Lipinski definition) is 15. The van der Waals surface area contributed by atoms with Crippen LogP contribution in [-0.4, -0.2) is 141 Å². The first-order chi connectivity index (χ1) is 24.5. The van der Waals surface area contributed by atoms with Gasteiger partial charge in [-0.25, -0.2) is 9.78 Å². The molecule has 2 saturated heterocycles. The lowest BCUT2D eigenvalue weighted by molar-refractivity contribution is -0.908. The molecular weight excluding hydrogens is 763 g/mol. The molecular formula is C30H33Cl2N10O8S2+. The molecule has 0 bridgehead atoms. The van der Waals surface area contributed by atoms with E-state index in [-0.39, 0.29) is 55.5 Å². The maximum Gasteiger partial charge on any atom is 0.350 e. The fraction of sp³-hybridized carbons (Fsp3) is 0.433. The van der Waals surface area contributed by atoms with Crippen LogP contribution in [-0.2, 0) is 19.2 Å². The van der Waals surface area contributed by atoms with Crippen LogP contribution in [0.4, 0.5) is 5.13 Å². The third-order valence-corrected chi connectivity index (χ3v) is 12.0. The number of hydrogen-bond donors (Lipinski definition) is 5. The number of ketones is 1. The highest BCUT2D eigenvalue weighted by atomic mass is 35.5. The molecule has 2 atom stereocenters. The van der Waals surface area contributed by atoms with Gasteiger partial charge in [-0.15, -0.1) is 22.0 Å². The lowest BCUT2D eigenvalue weighted by Gasteiger charge is -2.51. The van der Waals surface area contributed by atoms with Crippen molar-refractivity contribution in [3.63, 3.8) is 0 Å². The highest BCUT2D eigenvalue weighted by molar-refractivity contribution is 8.00. The van der Waals surface area contributed by atoms with E-state index >= 15 is 0 Å². The minimum atomic E-state index is -1.78. The molecule has 3 aliphatic heterocycles. The van der Waals surface area contributed by atoms with Crippen molar-refractivity contribution in [3.8, 4) is 11.5 Å². The number of aromatic hydroxyl groups is 2. The van der Waals surface area contributed by atoms with Gasteiger partial charge in [0.15, 0.2) is 28.1 Å². The zero-order chi connectivity index (χ0) is 37.7. The van der Waals surface area contributed by atoms with Gasteiger partial charge in [0, 0.05) is 17.7 Å². The van der Waals surface area contributed by atoms with Crippen LogP contribution in [0.15, 0.2) is 22.9 Å². The number of tetrazole rings is 1. The summed E-state index contributed by atoms with van der Waals surface area (Å²) < 4.78 is 0.570. The number of amides is 2. The van der Waals surface area contributed by atoms with Gasteiger partial charge >= 0.3 is 5.97 Å². The molecule has 3 aromatic rings. The summed E-state index contributed by atoms with van der Waals surface area (Å²) >= 11 is 14.8. The van der Waals surface area contributed by atoms with Gasteiger partial charge in [-0.05, 0) is 31.2 Å². The number of H-pyrrole nitrogens is 1. The fourth-order valence-corrected chi connectivity index (χ4v) is 8.63. The third kappa shape index (κ3) is 6.99. The number of carbonyl (C=O) groups is 4. The average molecular weight is 797 g/mol. The number of likely N-dealkylation sites (N-methyl/N-ethyl adjacent to an activating group) is 1. The normalized spacial score (nSPS) is 20.4. The van der Waals surface area contributed by atoms with E-state index in [1.807, 2.05) is 7.05 Å².